The molecule has 0 bridgehead atoms. The summed E-state index contributed by atoms with van der Waals surface area (Å²) in [5, 5.41) is 3.50. The molecule has 1 atom stereocenters. The number of fused-ring (bicyclic) bond motifs is 1. The highest BCUT2D eigenvalue weighted by atomic mass is 32.1. The quantitative estimate of drug-likeness (QED) is 0.859. The molecule has 0 spiro atoms. The smallest absolute Gasteiger partial charge is 0.337 e. The van der Waals surface area contributed by atoms with E-state index in [1.807, 2.05) is 6.07 Å². The molecular formula is C18H21NO3S. The fourth-order valence-corrected chi connectivity index (χ4v) is 2.56. The summed E-state index contributed by atoms with van der Waals surface area (Å²) in [7, 11) is 1.38. The van der Waals surface area contributed by atoms with Crippen molar-refractivity contribution in [3.63, 3.8) is 0 Å². The molecule has 0 saturated heterocycles. The van der Waals surface area contributed by atoms with Crippen LogP contribution in [0, 0.1) is 6.92 Å². The van der Waals surface area contributed by atoms with Crippen molar-refractivity contribution in [1.29, 1.82) is 0 Å². The highest BCUT2D eigenvalue weighted by Gasteiger charge is 2.19. The number of carbonyl (C=O) groups excluding carboxylic acids is 1. The fourth-order valence-electron chi connectivity index (χ4n) is 2.56. The van der Waals surface area contributed by atoms with Crippen LogP contribution >= 0.6 is 13.5 Å². The molecule has 122 valence electrons. The van der Waals surface area contributed by atoms with Gasteiger partial charge in [-0.1, -0.05) is 35.9 Å². The Labute approximate surface area is 143 Å². The first-order valence-corrected chi connectivity index (χ1v) is 7.31. The van der Waals surface area contributed by atoms with E-state index in [2.05, 4.69) is 36.5 Å². The van der Waals surface area contributed by atoms with Crippen LogP contribution in [-0.4, -0.2) is 19.7 Å². The van der Waals surface area contributed by atoms with Crippen molar-refractivity contribution in [1.82, 2.24) is 5.32 Å². The number of nitrogens with one attached hydrogen (secondary N) is 1. The Bertz CT molecular complexity index is 685. The lowest BCUT2D eigenvalue weighted by Crippen LogP contribution is -2.23. The highest BCUT2D eigenvalue weighted by Crippen LogP contribution is 2.27. The lowest BCUT2D eigenvalue weighted by atomic mass is 10.1. The lowest BCUT2D eigenvalue weighted by Gasteiger charge is -2.16. The number of benzene rings is 2. The van der Waals surface area contributed by atoms with E-state index >= 15 is 0 Å². The number of esters is 1. The minimum Gasteiger partial charge on any atom is -0.491 e. The topological polar surface area (TPSA) is 47.6 Å². The predicted molar refractivity (Wildman–Crippen MR) is 94.4 cm³/mol. The number of carbonyl (C=O) groups is 1. The van der Waals surface area contributed by atoms with Gasteiger partial charge < -0.3 is 14.8 Å². The summed E-state index contributed by atoms with van der Waals surface area (Å²) < 4.78 is 10.7. The summed E-state index contributed by atoms with van der Waals surface area (Å²) in [5.41, 5.74) is 3.99. The second-order valence-electron chi connectivity index (χ2n) is 5.47. The van der Waals surface area contributed by atoms with Crippen LogP contribution in [0.2, 0.25) is 0 Å². The van der Waals surface area contributed by atoms with Crippen LogP contribution in [0.3, 0.4) is 0 Å². The zero-order valence-corrected chi connectivity index (χ0v) is 14.3. The summed E-state index contributed by atoms with van der Waals surface area (Å²) in [6, 6.07) is 14.0. The lowest BCUT2D eigenvalue weighted by molar-refractivity contribution is 0.0600. The van der Waals surface area contributed by atoms with Crippen LogP contribution in [0.5, 0.6) is 5.75 Å². The molecule has 0 aromatic heterocycles. The zero-order chi connectivity index (χ0) is 15.5. The van der Waals surface area contributed by atoms with Gasteiger partial charge in [0.25, 0.3) is 0 Å². The summed E-state index contributed by atoms with van der Waals surface area (Å²) >= 11 is 0. The number of rotatable bonds is 2. The number of hydrogen-bond acceptors (Lipinski definition) is 4. The van der Waals surface area contributed by atoms with Crippen LogP contribution in [0.1, 0.15) is 33.1 Å². The third-order valence-electron chi connectivity index (χ3n) is 3.91. The van der Waals surface area contributed by atoms with E-state index in [0.29, 0.717) is 18.7 Å². The molecule has 3 rings (SSSR count). The predicted octanol–water partition coefficient (Wildman–Crippen LogP) is 3.12. The molecule has 2 aromatic rings. The molecule has 0 aliphatic carbocycles. The largest absolute Gasteiger partial charge is 0.491 e. The van der Waals surface area contributed by atoms with Gasteiger partial charge in [-0.15, -0.1) is 0 Å². The molecular weight excluding hydrogens is 310 g/mol. The van der Waals surface area contributed by atoms with Crippen molar-refractivity contribution in [2.24, 2.45) is 0 Å². The average Bonchev–Trinajstić information content (AvgIpc) is 2.77. The minimum absolute atomic E-state index is 0. The Morgan fingerprint density at radius 1 is 1.22 bits per heavy atom. The molecule has 0 unspecified atom stereocenters. The van der Waals surface area contributed by atoms with E-state index in [-0.39, 0.29) is 25.5 Å². The van der Waals surface area contributed by atoms with Crippen molar-refractivity contribution in [3.05, 3.63) is 64.7 Å². The number of ether oxygens (including phenoxy) is 2. The zero-order valence-electron chi connectivity index (χ0n) is 13.3. The van der Waals surface area contributed by atoms with Crippen LogP contribution in [0.4, 0.5) is 0 Å². The van der Waals surface area contributed by atoms with Crippen molar-refractivity contribution in [3.8, 4) is 5.75 Å². The molecule has 5 heteroatoms. The van der Waals surface area contributed by atoms with Gasteiger partial charge in [0.2, 0.25) is 0 Å². The normalized spacial score (nSPS) is 16.3. The summed E-state index contributed by atoms with van der Waals surface area (Å²) in [4.78, 5) is 11.6. The van der Waals surface area contributed by atoms with E-state index in [1.165, 1.54) is 18.2 Å². The molecule has 0 saturated carbocycles. The Hall–Kier alpha value is -1.98. The van der Waals surface area contributed by atoms with Crippen LogP contribution in [-0.2, 0) is 11.3 Å². The number of methoxy groups -OCH3 is 1. The van der Waals surface area contributed by atoms with Crippen LogP contribution < -0.4 is 10.1 Å². The third-order valence-corrected chi connectivity index (χ3v) is 3.91. The molecule has 1 N–H and O–H groups in total. The highest BCUT2D eigenvalue weighted by molar-refractivity contribution is 7.59. The maximum absolute atomic E-state index is 11.6. The van der Waals surface area contributed by atoms with Crippen molar-refractivity contribution >= 4 is 19.5 Å². The van der Waals surface area contributed by atoms with E-state index < -0.39 is 0 Å². The number of hydrogen-bond donors (Lipinski definition) is 1. The van der Waals surface area contributed by atoms with Gasteiger partial charge in [0.15, 0.2) is 0 Å². The molecule has 1 aliphatic heterocycles. The van der Waals surface area contributed by atoms with E-state index in [0.717, 1.165) is 11.3 Å². The second-order valence-corrected chi connectivity index (χ2v) is 5.47. The Balaban J connectivity index is 0.00000192. The van der Waals surface area contributed by atoms with Gasteiger partial charge in [-0.05, 0) is 24.6 Å². The van der Waals surface area contributed by atoms with E-state index in [9.17, 15) is 4.79 Å². The fraction of sp³-hybridized carbons (Fsp3) is 0.278. The average molecular weight is 331 g/mol. The monoisotopic (exact) mass is 331 g/mol. The van der Waals surface area contributed by atoms with Gasteiger partial charge in [0, 0.05) is 12.1 Å². The van der Waals surface area contributed by atoms with Crippen molar-refractivity contribution in [2.75, 3.05) is 13.7 Å². The van der Waals surface area contributed by atoms with E-state index in [4.69, 9.17) is 9.47 Å². The van der Waals surface area contributed by atoms with Crippen LogP contribution in [0.25, 0.3) is 0 Å². The molecule has 1 aliphatic rings. The van der Waals surface area contributed by atoms with Crippen LogP contribution in [0.15, 0.2) is 42.5 Å². The summed E-state index contributed by atoms with van der Waals surface area (Å²) in [6.45, 7) is 3.31. The van der Waals surface area contributed by atoms with Crippen molar-refractivity contribution < 1.29 is 14.3 Å². The Kier molecular flexibility index (Phi) is 5.69. The first-order valence-electron chi connectivity index (χ1n) is 7.31. The van der Waals surface area contributed by atoms with Crippen molar-refractivity contribution in [2.45, 2.75) is 19.5 Å². The van der Waals surface area contributed by atoms with Gasteiger partial charge in [0.1, 0.15) is 12.4 Å². The van der Waals surface area contributed by atoms with Gasteiger partial charge in [-0.3, -0.25) is 0 Å². The van der Waals surface area contributed by atoms with Gasteiger partial charge in [0.05, 0.1) is 18.7 Å². The van der Waals surface area contributed by atoms with Gasteiger partial charge in [-0.25, -0.2) is 4.79 Å². The third kappa shape index (κ3) is 3.86. The molecule has 4 nitrogen and oxygen atoms in total. The number of aryl methyl sites for hydroxylation is 1. The molecule has 1 heterocycles. The SMILES string of the molecule is COC(=O)c1ccc2c(c1)OC[C@H](c1ccc(C)cc1)NC2.S. The molecule has 23 heavy (non-hydrogen) atoms. The van der Waals surface area contributed by atoms with Gasteiger partial charge >= 0.3 is 5.97 Å². The maximum atomic E-state index is 11.6. The summed E-state index contributed by atoms with van der Waals surface area (Å²) in [6.07, 6.45) is 0. The standard InChI is InChI=1S/C18H19NO3.H2S/c1-12-3-5-13(6-4-12)16-11-22-17-9-14(18(20)21-2)7-8-15(17)10-19-16;/h3-9,16,19H,10-11H2,1-2H3;1H2/t16-;/m1./s1. The summed E-state index contributed by atoms with van der Waals surface area (Å²) in [5.74, 6) is 0.392. The Morgan fingerprint density at radius 3 is 2.65 bits per heavy atom. The molecule has 2 aromatic carbocycles. The second kappa shape index (κ2) is 7.53. The first-order chi connectivity index (χ1) is 10.7. The maximum Gasteiger partial charge on any atom is 0.337 e. The molecule has 0 fully saturated rings. The molecule has 0 radical (unpaired) electrons. The molecule has 0 amide bonds. The van der Waals surface area contributed by atoms with E-state index in [1.54, 1.807) is 12.1 Å². The Morgan fingerprint density at radius 2 is 1.96 bits per heavy atom. The van der Waals surface area contributed by atoms with Gasteiger partial charge in [-0.2, -0.15) is 13.5 Å². The first kappa shape index (κ1) is 17.4. The minimum atomic E-state index is -0.348.